The van der Waals surface area contributed by atoms with E-state index in [-0.39, 0.29) is 33.2 Å². The normalized spacial score (nSPS) is 19.0. The van der Waals surface area contributed by atoms with Crippen LogP contribution in [0.2, 0.25) is 0 Å². The molecule has 0 N–H and O–H groups in total. The first-order chi connectivity index (χ1) is 16.9. The lowest BCUT2D eigenvalue weighted by molar-refractivity contribution is -0.0729. The lowest BCUT2D eigenvalue weighted by atomic mass is 10.1. The van der Waals surface area contributed by atoms with Crippen LogP contribution in [0.4, 0.5) is 0 Å². The lowest BCUT2D eigenvalue weighted by Crippen LogP contribution is -2.48. The molecule has 1 unspecified atom stereocenters. The van der Waals surface area contributed by atoms with Crippen LogP contribution in [0.25, 0.3) is 0 Å². The average molecular weight is 546 g/mol. The molecule has 38 heavy (non-hydrogen) atoms. The Morgan fingerprint density at radius 3 is 1.47 bits per heavy atom. The predicted molar refractivity (Wildman–Crippen MR) is 169 cm³/mol. The van der Waals surface area contributed by atoms with Crippen molar-refractivity contribution in [1.29, 1.82) is 0 Å². The van der Waals surface area contributed by atoms with Crippen LogP contribution in [-0.4, -0.2) is 149 Å². The number of ether oxygens (including phenoxy) is 2. The molecule has 0 amide bonds. The largest absolute Gasteiger partial charge is 0.376 e. The van der Waals surface area contributed by atoms with Crippen molar-refractivity contribution in [3.63, 3.8) is 0 Å². The van der Waals surface area contributed by atoms with E-state index in [4.69, 9.17) is 9.47 Å². The number of hydrogen-bond acceptors (Lipinski definition) is 7. The first-order valence-corrected chi connectivity index (χ1v) is 14.8. The maximum absolute atomic E-state index is 5.95. The molecule has 0 bridgehead atoms. The molecule has 2 fully saturated rings. The van der Waals surface area contributed by atoms with Gasteiger partial charge in [-0.3, -0.25) is 9.80 Å². The summed E-state index contributed by atoms with van der Waals surface area (Å²) >= 11 is 0. The Hall–Kier alpha value is -0.280. The summed E-state index contributed by atoms with van der Waals surface area (Å²) in [7, 11) is 4.41. The van der Waals surface area contributed by atoms with E-state index in [2.05, 4.69) is 94.0 Å². The van der Waals surface area contributed by atoms with Crippen molar-refractivity contribution in [2.75, 3.05) is 106 Å². The molecule has 2 aliphatic heterocycles. The van der Waals surface area contributed by atoms with Gasteiger partial charge in [-0.05, 0) is 53.6 Å². The second-order valence-corrected chi connectivity index (χ2v) is 12.5. The van der Waals surface area contributed by atoms with E-state index in [1.165, 1.54) is 52.4 Å². The van der Waals surface area contributed by atoms with Crippen LogP contribution >= 0.6 is 0 Å². The SMILES string of the molecule is C.C.CC(C)CN(CCN1CCN(C)CC1)CC(C)C.CC(C)OCC(CN1CCN(C)CC1)OC(C)C. The van der Waals surface area contributed by atoms with Crippen molar-refractivity contribution >= 4 is 0 Å². The molecule has 0 saturated carbocycles. The van der Waals surface area contributed by atoms with E-state index in [1.54, 1.807) is 0 Å². The monoisotopic (exact) mass is 546 g/mol. The molecule has 0 aromatic rings. The molecule has 7 nitrogen and oxygen atoms in total. The number of piperazine rings is 2. The van der Waals surface area contributed by atoms with Crippen molar-refractivity contribution in [3.8, 4) is 0 Å². The van der Waals surface area contributed by atoms with Crippen LogP contribution in [0.5, 0.6) is 0 Å². The molecule has 2 rings (SSSR count). The van der Waals surface area contributed by atoms with E-state index >= 15 is 0 Å². The highest BCUT2D eigenvalue weighted by atomic mass is 16.5. The van der Waals surface area contributed by atoms with Gasteiger partial charge in [-0.1, -0.05) is 42.5 Å². The first-order valence-electron chi connectivity index (χ1n) is 14.8. The molecular formula is C31H71N5O2. The molecular weight excluding hydrogens is 474 g/mol. The highest BCUT2D eigenvalue weighted by molar-refractivity contribution is 4.74. The summed E-state index contributed by atoms with van der Waals surface area (Å²) in [4.78, 5) is 12.5. The maximum atomic E-state index is 5.95. The van der Waals surface area contributed by atoms with Crippen LogP contribution in [-0.2, 0) is 9.47 Å². The molecule has 232 valence electrons. The minimum absolute atomic E-state index is 0. The van der Waals surface area contributed by atoms with Gasteiger partial charge in [-0.15, -0.1) is 0 Å². The third-order valence-electron chi connectivity index (χ3n) is 6.71. The first kappa shape index (κ1) is 39.9. The summed E-state index contributed by atoms with van der Waals surface area (Å²) in [5, 5.41) is 0. The van der Waals surface area contributed by atoms with Gasteiger partial charge in [0.25, 0.3) is 0 Å². The quantitative estimate of drug-likeness (QED) is 0.316. The maximum Gasteiger partial charge on any atom is 0.0938 e. The summed E-state index contributed by atoms with van der Waals surface area (Å²) in [6, 6.07) is 0. The minimum atomic E-state index is 0. The number of rotatable bonds is 14. The second kappa shape index (κ2) is 22.4. The van der Waals surface area contributed by atoms with Crippen molar-refractivity contribution in [2.45, 2.75) is 88.6 Å². The van der Waals surface area contributed by atoms with Crippen LogP contribution in [0, 0.1) is 11.8 Å². The second-order valence-electron chi connectivity index (χ2n) is 12.5. The summed E-state index contributed by atoms with van der Waals surface area (Å²) in [6.45, 7) is 33.8. The van der Waals surface area contributed by atoms with Gasteiger partial charge in [0.05, 0.1) is 24.9 Å². The van der Waals surface area contributed by atoms with Crippen molar-refractivity contribution in [3.05, 3.63) is 0 Å². The van der Waals surface area contributed by atoms with E-state index in [0.29, 0.717) is 6.61 Å². The van der Waals surface area contributed by atoms with Crippen molar-refractivity contribution < 1.29 is 9.47 Å². The molecule has 7 heteroatoms. The molecule has 0 aromatic heterocycles. The molecule has 2 saturated heterocycles. The fourth-order valence-corrected chi connectivity index (χ4v) is 4.78. The van der Waals surface area contributed by atoms with Crippen LogP contribution in [0.1, 0.15) is 70.2 Å². The number of likely N-dealkylation sites (N-methyl/N-ethyl adjacent to an activating group) is 2. The van der Waals surface area contributed by atoms with Gasteiger partial charge in [0.1, 0.15) is 0 Å². The Bertz CT molecular complexity index is 506. The third-order valence-corrected chi connectivity index (χ3v) is 6.71. The lowest BCUT2D eigenvalue weighted by Gasteiger charge is -2.35. The van der Waals surface area contributed by atoms with Gasteiger partial charge in [0.2, 0.25) is 0 Å². The van der Waals surface area contributed by atoms with Gasteiger partial charge < -0.3 is 24.2 Å². The number of hydrogen-bond donors (Lipinski definition) is 0. The zero-order valence-corrected chi connectivity index (χ0v) is 25.8. The van der Waals surface area contributed by atoms with Gasteiger partial charge in [0, 0.05) is 85.1 Å². The van der Waals surface area contributed by atoms with Crippen molar-refractivity contribution in [1.82, 2.24) is 24.5 Å². The van der Waals surface area contributed by atoms with Gasteiger partial charge in [0.15, 0.2) is 0 Å². The smallest absolute Gasteiger partial charge is 0.0938 e. The van der Waals surface area contributed by atoms with Crippen LogP contribution in [0.15, 0.2) is 0 Å². The molecule has 0 aliphatic carbocycles. The zero-order valence-electron chi connectivity index (χ0n) is 25.8. The van der Waals surface area contributed by atoms with E-state index in [0.717, 1.165) is 44.6 Å². The summed E-state index contributed by atoms with van der Waals surface area (Å²) in [5.41, 5.74) is 0. The Balaban J connectivity index is 0. The highest BCUT2D eigenvalue weighted by Crippen LogP contribution is 2.08. The summed E-state index contributed by atoms with van der Waals surface area (Å²) in [6.07, 6.45) is 0.727. The standard InChI is InChI=1S/C15H33N3.C14H30N2O2.2CH4/c1-14(2)12-18(13-15(3)4)11-10-17-8-6-16(5)7-9-17;1-12(2)17-11-14(18-13(3)4)10-16-8-6-15(5)7-9-16;;/h14-15H,6-13H2,1-5H3;12-14H,6-11H2,1-5H3;2*1H4. The molecule has 2 heterocycles. The fourth-order valence-electron chi connectivity index (χ4n) is 4.78. The van der Waals surface area contributed by atoms with E-state index < -0.39 is 0 Å². The molecule has 0 spiro atoms. The Kier molecular flexibility index (Phi) is 23.5. The zero-order chi connectivity index (χ0) is 27.1. The van der Waals surface area contributed by atoms with Gasteiger partial charge in [-0.25, -0.2) is 0 Å². The number of nitrogens with zero attached hydrogens (tertiary/aromatic N) is 5. The predicted octanol–water partition coefficient (Wildman–Crippen LogP) is 4.57. The Morgan fingerprint density at radius 2 is 1.08 bits per heavy atom. The molecule has 2 aliphatic rings. The topological polar surface area (TPSA) is 34.7 Å². The Labute approximate surface area is 240 Å². The minimum Gasteiger partial charge on any atom is -0.376 e. The van der Waals surface area contributed by atoms with Gasteiger partial charge in [-0.2, -0.15) is 0 Å². The highest BCUT2D eigenvalue weighted by Gasteiger charge is 2.20. The van der Waals surface area contributed by atoms with Crippen LogP contribution < -0.4 is 0 Å². The molecule has 0 aromatic carbocycles. The average Bonchev–Trinajstić information content (AvgIpc) is 2.78. The van der Waals surface area contributed by atoms with Crippen LogP contribution in [0.3, 0.4) is 0 Å². The van der Waals surface area contributed by atoms with Gasteiger partial charge >= 0.3 is 0 Å². The van der Waals surface area contributed by atoms with E-state index in [9.17, 15) is 0 Å². The summed E-state index contributed by atoms with van der Waals surface area (Å²) < 4.78 is 11.7. The third kappa shape index (κ3) is 20.6. The van der Waals surface area contributed by atoms with Crippen molar-refractivity contribution in [2.24, 2.45) is 11.8 Å². The molecule has 0 radical (unpaired) electrons. The molecule has 1 atom stereocenters. The van der Waals surface area contributed by atoms with E-state index in [1.807, 2.05) is 0 Å². The fraction of sp³-hybridized carbons (Fsp3) is 1.00. The summed E-state index contributed by atoms with van der Waals surface area (Å²) in [5.74, 6) is 1.55. The Morgan fingerprint density at radius 1 is 0.632 bits per heavy atom.